The fourth-order valence-corrected chi connectivity index (χ4v) is 2.14. The maximum absolute atomic E-state index is 11.9. The van der Waals surface area contributed by atoms with Crippen molar-refractivity contribution in [3.63, 3.8) is 0 Å². The van der Waals surface area contributed by atoms with Crippen LogP contribution in [0.2, 0.25) is 0 Å². The Balaban J connectivity index is 1.88. The van der Waals surface area contributed by atoms with Crippen LogP contribution in [-0.2, 0) is 17.9 Å². The number of aromatic nitrogens is 3. The van der Waals surface area contributed by atoms with Crippen molar-refractivity contribution >= 4 is 5.91 Å². The van der Waals surface area contributed by atoms with E-state index in [1.807, 2.05) is 11.5 Å². The van der Waals surface area contributed by atoms with Gasteiger partial charge in [-0.2, -0.15) is 0 Å². The van der Waals surface area contributed by atoms with Crippen molar-refractivity contribution in [2.75, 3.05) is 6.54 Å². The van der Waals surface area contributed by atoms with Crippen LogP contribution < -0.4 is 10.6 Å². The minimum atomic E-state index is -0.0620. The van der Waals surface area contributed by atoms with Gasteiger partial charge in [0.25, 0.3) is 0 Å². The van der Waals surface area contributed by atoms with E-state index in [1.165, 1.54) is 0 Å². The van der Waals surface area contributed by atoms with Crippen molar-refractivity contribution in [1.29, 1.82) is 0 Å². The summed E-state index contributed by atoms with van der Waals surface area (Å²) in [5.74, 6) is 1.26. The van der Waals surface area contributed by atoms with Gasteiger partial charge >= 0.3 is 0 Å². The van der Waals surface area contributed by atoms with Gasteiger partial charge in [0.2, 0.25) is 5.91 Å². The summed E-state index contributed by atoms with van der Waals surface area (Å²) in [7, 11) is 0. The SMILES string of the molecule is CCn1cnnc1CNC(=O)C1NCCC1C. The van der Waals surface area contributed by atoms with Crippen LogP contribution in [0.25, 0.3) is 0 Å². The number of nitrogens with one attached hydrogen (secondary N) is 2. The number of hydrogen-bond acceptors (Lipinski definition) is 4. The number of aryl methyl sites for hydroxylation is 1. The molecule has 1 amide bonds. The van der Waals surface area contributed by atoms with Crippen LogP contribution in [-0.4, -0.2) is 33.3 Å². The van der Waals surface area contributed by atoms with E-state index in [2.05, 4.69) is 27.8 Å². The fraction of sp³-hybridized carbons (Fsp3) is 0.727. The molecule has 1 aromatic rings. The Morgan fingerprint density at radius 1 is 1.71 bits per heavy atom. The monoisotopic (exact) mass is 237 g/mol. The highest BCUT2D eigenvalue weighted by molar-refractivity contribution is 5.82. The van der Waals surface area contributed by atoms with Crippen molar-refractivity contribution in [2.24, 2.45) is 5.92 Å². The van der Waals surface area contributed by atoms with Gasteiger partial charge in [0.05, 0.1) is 12.6 Å². The average molecular weight is 237 g/mol. The third kappa shape index (κ3) is 2.63. The Bertz CT molecular complexity index is 389. The van der Waals surface area contributed by atoms with E-state index >= 15 is 0 Å². The number of nitrogens with zero attached hydrogens (tertiary/aromatic N) is 3. The van der Waals surface area contributed by atoms with Gasteiger partial charge in [-0.1, -0.05) is 6.92 Å². The first-order valence-corrected chi connectivity index (χ1v) is 6.10. The molecule has 2 atom stereocenters. The summed E-state index contributed by atoms with van der Waals surface area (Å²) in [6, 6.07) is -0.0620. The van der Waals surface area contributed by atoms with E-state index in [-0.39, 0.29) is 11.9 Å². The molecule has 17 heavy (non-hydrogen) atoms. The molecule has 6 nitrogen and oxygen atoms in total. The summed E-state index contributed by atoms with van der Waals surface area (Å²) in [6.45, 7) is 6.30. The first-order chi connectivity index (χ1) is 8.22. The minimum absolute atomic E-state index is 0.0562. The zero-order valence-electron chi connectivity index (χ0n) is 10.3. The summed E-state index contributed by atoms with van der Waals surface area (Å²) >= 11 is 0. The quantitative estimate of drug-likeness (QED) is 0.768. The Morgan fingerprint density at radius 3 is 3.18 bits per heavy atom. The molecule has 2 N–H and O–H groups in total. The highest BCUT2D eigenvalue weighted by Gasteiger charge is 2.29. The van der Waals surface area contributed by atoms with Gasteiger partial charge in [0, 0.05) is 6.54 Å². The largest absolute Gasteiger partial charge is 0.347 e. The van der Waals surface area contributed by atoms with Gasteiger partial charge in [0.15, 0.2) is 5.82 Å². The Morgan fingerprint density at radius 2 is 2.53 bits per heavy atom. The molecule has 1 fully saturated rings. The number of hydrogen-bond donors (Lipinski definition) is 2. The Hall–Kier alpha value is -1.43. The number of carbonyl (C=O) groups excluding carboxylic acids is 1. The van der Waals surface area contributed by atoms with Crippen LogP contribution in [0.5, 0.6) is 0 Å². The molecule has 0 saturated carbocycles. The van der Waals surface area contributed by atoms with E-state index in [0.29, 0.717) is 12.5 Å². The van der Waals surface area contributed by atoms with Crippen LogP contribution in [0.1, 0.15) is 26.1 Å². The van der Waals surface area contributed by atoms with Gasteiger partial charge < -0.3 is 15.2 Å². The summed E-state index contributed by atoms with van der Waals surface area (Å²) in [4.78, 5) is 11.9. The normalized spacial score (nSPS) is 23.9. The van der Waals surface area contributed by atoms with Crippen LogP contribution in [0.4, 0.5) is 0 Å². The number of rotatable bonds is 4. The standard InChI is InChI=1S/C11H19N5O/c1-3-16-7-14-15-9(16)6-13-11(17)10-8(2)4-5-12-10/h7-8,10,12H,3-6H2,1-2H3,(H,13,17). The van der Waals surface area contributed by atoms with Gasteiger partial charge in [0.1, 0.15) is 6.33 Å². The highest BCUT2D eigenvalue weighted by atomic mass is 16.2. The summed E-state index contributed by atoms with van der Waals surface area (Å²) < 4.78 is 1.92. The van der Waals surface area contributed by atoms with E-state index in [0.717, 1.165) is 25.3 Å². The molecule has 2 unspecified atom stereocenters. The fourth-order valence-electron chi connectivity index (χ4n) is 2.14. The molecule has 0 aromatic carbocycles. The van der Waals surface area contributed by atoms with Crippen molar-refractivity contribution < 1.29 is 4.79 Å². The molecular formula is C11H19N5O. The second kappa shape index (κ2) is 5.27. The average Bonchev–Trinajstić information content (AvgIpc) is 2.94. The van der Waals surface area contributed by atoms with Crippen molar-refractivity contribution in [2.45, 2.75) is 39.4 Å². The molecule has 2 rings (SSSR count). The first-order valence-electron chi connectivity index (χ1n) is 6.10. The summed E-state index contributed by atoms with van der Waals surface area (Å²) in [6.07, 6.45) is 2.74. The maximum atomic E-state index is 11.9. The molecular weight excluding hydrogens is 218 g/mol. The van der Waals surface area contributed by atoms with Crippen LogP contribution in [0.3, 0.4) is 0 Å². The molecule has 94 valence electrons. The molecule has 1 aliphatic rings. The van der Waals surface area contributed by atoms with Crippen LogP contribution >= 0.6 is 0 Å². The third-order valence-electron chi connectivity index (χ3n) is 3.27. The second-order valence-corrected chi connectivity index (χ2v) is 4.45. The lowest BCUT2D eigenvalue weighted by Crippen LogP contribution is -2.43. The van der Waals surface area contributed by atoms with Crippen molar-refractivity contribution in [3.05, 3.63) is 12.2 Å². The molecule has 2 heterocycles. The van der Waals surface area contributed by atoms with Crippen molar-refractivity contribution in [1.82, 2.24) is 25.4 Å². The van der Waals surface area contributed by atoms with Crippen molar-refractivity contribution in [3.8, 4) is 0 Å². The zero-order chi connectivity index (χ0) is 12.3. The molecule has 1 aliphatic heterocycles. The van der Waals surface area contributed by atoms with Gasteiger partial charge in [-0.25, -0.2) is 0 Å². The van der Waals surface area contributed by atoms with E-state index in [1.54, 1.807) is 6.33 Å². The molecule has 0 radical (unpaired) electrons. The second-order valence-electron chi connectivity index (χ2n) is 4.45. The Labute approximate surface area is 101 Å². The lowest BCUT2D eigenvalue weighted by Gasteiger charge is -2.15. The highest BCUT2D eigenvalue weighted by Crippen LogP contribution is 2.14. The van der Waals surface area contributed by atoms with E-state index < -0.39 is 0 Å². The minimum Gasteiger partial charge on any atom is -0.347 e. The van der Waals surface area contributed by atoms with E-state index in [9.17, 15) is 4.79 Å². The third-order valence-corrected chi connectivity index (χ3v) is 3.27. The molecule has 1 saturated heterocycles. The predicted octanol–water partition coefficient (Wildman–Crippen LogP) is -0.0878. The predicted molar refractivity (Wildman–Crippen MR) is 63.1 cm³/mol. The molecule has 0 spiro atoms. The zero-order valence-corrected chi connectivity index (χ0v) is 10.3. The molecule has 0 aliphatic carbocycles. The first kappa shape index (κ1) is 12.0. The van der Waals surface area contributed by atoms with E-state index in [4.69, 9.17) is 0 Å². The lowest BCUT2D eigenvalue weighted by molar-refractivity contribution is -0.123. The van der Waals surface area contributed by atoms with Gasteiger partial charge in [-0.3, -0.25) is 4.79 Å². The topological polar surface area (TPSA) is 71.8 Å². The van der Waals surface area contributed by atoms with Gasteiger partial charge in [-0.15, -0.1) is 10.2 Å². The molecule has 6 heteroatoms. The molecule has 1 aromatic heterocycles. The lowest BCUT2D eigenvalue weighted by atomic mass is 10.0. The van der Waals surface area contributed by atoms with Gasteiger partial charge in [-0.05, 0) is 25.8 Å². The Kier molecular flexibility index (Phi) is 3.73. The van der Waals surface area contributed by atoms with Crippen LogP contribution in [0, 0.1) is 5.92 Å². The summed E-state index contributed by atoms with van der Waals surface area (Å²) in [5, 5.41) is 13.9. The summed E-state index contributed by atoms with van der Waals surface area (Å²) in [5.41, 5.74) is 0. The number of amides is 1. The van der Waals surface area contributed by atoms with Crippen LogP contribution in [0.15, 0.2) is 6.33 Å². The molecule has 0 bridgehead atoms. The maximum Gasteiger partial charge on any atom is 0.237 e. The number of carbonyl (C=O) groups is 1. The smallest absolute Gasteiger partial charge is 0.237 e.